The number of halogens is 1. The monoisotopic (exact) mass is 373 g/mol. The van der Waals surface area contributed by atoms with E-state index in [0.29, 0.717) is 18.0 Å². The smallest absolute Gasteiger partial charge is 0.259 e. The van der Waals surface area contributed by atoms with E-state index in [0.717, 1.165) is 25.7 Å². The number of carbonyl (C=O) groups excluding carboxylic acids is 3. The maximum atomic E-state index is 14.6. The molecular formula is C20H24FN3O3. The summed E-state index contributed by atoms with van der Waals surface area (Å²) in [6, 6.07) is 4.46. The van der Waals surface area contributed by atoms with Crippen LogP contribution in [-0.4, -0.2) is 38.4 Å². The normalized spacial score (nSPS) is 18.5. The van der Waals surface area contributed by atoms with Crippen LogP contribution in [-0.2, 0) is 14.4 Å². The second-order valence-electron chi connectivity index (χ2n) is 6.98. The molecule has 3 rings (SSSR count). The molecule has 0 bridgehead atoms. The second kappa shape index (κ2) is 7.90. The van der Waals surface area contributed by atoms with Gasteiger partial charge in [0, 0.05) is 31.8 Å². The largest absolute Gasteiger partial charge is 0.359 e. The quantitative estimate of drug-likeness (QED) is 0.775. The fourth-order valence-electron chi connectivity index (χ4n) is 3.94. The van der Waals surface area contributed by atoms with Gasteiger partial charge < -0.3 is 15.5 Å². The number of nitrogens with one attached hydrogen (secondary N) is 2. The number of carbonyl (C=O) groups is 3. The van der Waals surface area contributed by atoms with E-state index in [1.54, 1.807) is 6.07 Å². The molecule has 1 heterocycles. The molecule has 1 fully saturated rings. The van der Waals surface area contributed by atoms with Crippen molar-refractivity contribution in [1.82, 2.24) is 10.6 Å². The molecule has 2 N–H and O–H groups in total. The molecule has 1 saturated carbocycles. The van der Waals surface area contributed by atoms with Gasteiger partial charge in [-0.1, -0.05) is 25.0 Å². The van der Waals surface area contributed by atoms with Crippen LogP contribution in [0.5, 0.6) is 0 Å². The highest BCUT2D eigenvalue weighted by Gasteiger charge is 2.39. The summed E-state index contributed by atoms with van der Waals surface area (Å²) < 4.78 is 14.6. The van der Waals surface area contributed by atoms with Crippen LogP contribution in [0.1, 0.15) is 37.7 Å². The SMILES string of the molecule is CNC(=O)C/C(C(=O)NC)=C1\C(=O)N(CC2CCCC2)c2c(F)cccc21. The predicted octanol–water partition coefficient (Wildman–Crippen LogP) is 2.00. The molecule has 1 aliphatic heterocycles. The van der Waals surface area contributed by atoms with Crippen molar-refractivity contribution in [2.75, 3.05) is 25.5 Å². The highest BCUT2D eigenvalue weighted by molar-refractivity contribution is 6.36. The van der Waals surface area contributed by atoms with Crippen LogP contribution in [0, 0.1) is 11.7 Å². The number of hydrogen-bond acceptors (Lipinski definition) is 3. The van der Waals surface area contributed by atoms with E-state index in [1.165, 1.54) is 31.1 Å². The molecule has 6 nitrogen and oxygen atoms in total. The Kier molecular flexibility index (Phi) is 5.58. The number of benzene rings is 1. The number of nitrogens with zero attached hydrogens (tertiary/aromatic N) is 1. The van der Waals surface area contributed by atoms with Gasteiger partial charge in [0.25, 0.3) is 5.91 Å². The Bertz CT molecular complexity index is 813. The molecule has 1 aromatic carbocycles. The highest BCUT2D eigenvalue weighted by atomic mass is 19.1. The van der Waals surface area contributed by atoms with E-state index in [4.69, 9.17) is 0 Å². The van der Waals surface area contributed by atoms with Crippen LogP contribution in [0.4, 0.5) is 10.1 Å². The molecule has 1 aliphatic carbocycles. The summed E-state index contributed by atoms with van der Waals surface area (Å²) >= 11 is 0. The van der Waals surface area contributed by atoms with Crippen LogP contribution < -0.4 is 15.5 Å². The van der Waals surface area contributed by atoms with Crippen LogP contribution >= 0.6 is 0 Å². The molecule has 3 amide bonds. The summed E-state index contributed by atoms with van der Waals surface area (Å²) in [4.78, 5) is 39.0. The Balaban J connectivity index is 2.11. The van der Waals surface area contributed by atoms with Gasteiger partial charge in [-0.2, -0.15) is 0 Å². The molecule has 27 heavy (non-hydrogen) atoms. The van der Waals surface area contributed by atoms with Gasteiger partial charge in [0.1, 0.15) is 5.82 Å². The molecular weight excluding hydrogens is 349 g/mol. The number of hydrogen-bond donors (Lipinski definition) is 2. The zero-order valence-corrected chi connectivity index (χ0v) is 15.6. The Morgan fingerprint density at radius 2 is 1.89 bits per heavy atom. The second-order valence-corrected chi connectivity index (χ2v) is 6.98. The van der Waals surface area contributed by atoms with Crippen molar-refractivity contribution in [3.8, 4) is 0 Å². The Morgan fingerprint density at radius 3 is 2.52 bits per heavy atom. The third-order valence-corrected chi connectivity index (χ3v) is 5.32. The van der Waals surface area contributed by atoms with Crippen molar-refractivity contribution in [1.29, 1.82) is 0 Å². The van der Waals surface area contributed by atoms with E-state index < -0.39 is 17.6 Å². The van der Waals surface area contributed by atoms with Crippen molar-refractivity contribution in [3.63, 3.8) is 0 Å². The summed E-state index contributed by atoms with van der Waals surface area (Å²) in [5, 5.41) is 4.95. The minimum atomic E-state index is -0.514. The first-order valence-electron chi connectivity index (χ1n) is 9.24. The first kappa shape index (κ1) is 19.1. The van der Waals surface area contributed by atoms with Crippen LogP contribution in [0.15, 0.2) is 23.8 Å². The first-order chi connectivity index (χ1) is 13.0. The molecule has 0 aromatic heterocycles. The van der Waals surface area contributed by atoms with E-state index in [-0.39, 0.29) is 29.2 Å². The maximum absolute atomic E-state index is 14.6. The van der Waals surface area contributed by atoms with Crippen LogP contribution in [0.3, 0.4) is 0 Å². The third-order valence-electron chi connectivity index (χ3n) is 5.32. The molecule has 0 unspecified atom stereocenters. The summed E-state index contributed by atoms with van der Waals surface area (Å²) in [5.41, 5.74) is 0.760. The summed E-state index contributed by atoms with van der Waals surface area (Å²) in [7, 11) is 2.90. The molecule has 0 spiro atoms. The molecule has 7 heteroatoms. The number of rotatable bonds is 5. The summed E-state index contributed by atoms with van der Waals surface area (Å²) in [6.07, 6.45) is 3.99. The number of para-hydroxylation sites is 1. The van der Waals surface area contributed by atoms with Gasteiger partial charge in [-0.25, -0.2) is 4.39 Å². The lowest BCUT2D eigenvalue weighted by molar-refractivity contribution is -0.122. The fraction of sp³-hybridized carbons (Fsp3) is 0.450. The van der Waals surface area contributed by atoms with Gasteiger partial charge in [0.15, 0.2) is 0 Å². The Hall–Kier alpha value is -2.70. The van der Waals surface area contributed by atoms with E-state index in [1.807, 2.05) is 0 Å². The van der Waals surface area contributed by atoms with Crippen molar-refractivity contribution in [2.24, 2.45) is 5.92 Å². The number of fused-ring (bicyclic) bond motifs is 1. The van der Waals surface area contributed by atoms with E-state index >= 15 is 0 Å². The van der Waals surface area contributed by atoms with Crippen LogP contribution in [0.25, 0.3) is 5.57 Å². The topological polar surface area (TPSA) is 78.5 Å². The van der Waals surface area contributed by atoms with Gasteiger partial charge in [-0.3, -0.25) is 14.4 Å². The lowest BCUT2D eigenvalue weighted by Gasteiger charge is -2.21. The van der Waals surface area contributed by atoms with Gasteiger partial charge in [-0.05, 0) is 24.8 Å². The van der Waals surface area contributed by atoms with Gasteiger partial charge >= 0.3 is 0 Å². The van der Waals surface area contributed by atoms with Gasteiger partial charge in [0.05, 0.1) is 17.7 Å². The zero-order chi connectivity index (χ0) is 19.6. The first-order valence-corrected chi connectivity index (χ1v) is 9.24. The summed E-state index contributed by atoms with van der Waals surface area (Å²) in [6.45, 7) is 0.428. The number of likely N-dealkylation sites (N-methyl/N-ethyl adjacent to an activating group) is 1. The minimum absolute atomic E-state index is 0.0580. The summed E-state index contributed by atoms with van der Waals surface area (Å²) in [5.74, 6) is -1.49. The number of anilines is 1. The van der Waals surface area contributed by atoms with Crippen molar-refractivity contribution >= 4 is 29.0 Å². The van der Waals surface area contributed by atoms with Crippen molar-refractivity contribution in [2.45, 2.75) is 32.1 Å². The van der Waals surface area contributed by atoms with Gasteiger partial charge in [0.2, 0.25) is 11.8 Å². The predicted molar refractivity (Wildman–Crippen MR) is 100 cm³/mol. The average molecular weight is 373 g/mol. The molecule has 2 aliphatic rings. The highest BCUT2D eigenvalue weighted by Crippen LogP contribution is 2.42. The standard InChI is InChI=1S/C20H24FN3O3/c1-22-16(25)10-14(19(26)23-2)17-13-8-5-9-15(21)18(13)24(20(17)27)11-12-6-3-4-7-12/h5,8-9,12H,3-4,6-7,10-11H2,1-2H3,(H,22,25)(H,23,26)/b17-14+. The van der Waals surface area contributed by atoms with E-state index in [2.05, 4.69) is 10.6 Å². The third kappa shape index (κ3) is 3.59. The van der Waals surface area contributed by atoms with Crippen molar-refractivity contribution < 1.29 is 18.8 Å². The Labute approximate surface area is 157 Å². The molecule has 0 saturated heterocycles. The fourth-order valence-corrected chi connectivity index (χ4v) is 3.94. The maximum Gasteiger partial charge on any atom is 0.259 e. The minimum Gasteiger partial charge on any atom is -0.359 e. The molecule has 0 radical (unpaired) electrons. The average Bonchev–Trinajstić information content (AvgIpc) is 3.27. The van der Waals surface area contributed by atoms with E-state index in [9.17, 15) is 18.8 Å². The molecule has 144 valence electrons. The molecule has 0 atom stereocenters. The molecule has 1 aromatic rings. The number of amides is 3. The van der Waals surface area contributed by atoms with Crippen LogP contribution in [0.2, 0.25) is 0 Å². The lowest BCUT2D eigenvalue weighted by atomic mass is 9.97. The lowest BCUT2D eigenvalue weighted by Crippen LogP contribution is -2.33. The zero-order valence-electron chi connectivity index (χ0n) is 15.6. The Morgan fingerprint density at radius 1 is 1.19 bits per heavy atom. The van der Waals surface area contributed by atoms with Crippen molar-refractivity contribution in [3.05, 3.63) is 35.2 Å². The van der Waals surface area contributed by atoms with Gasteiger partial charge in [-0.15, -0.1) is 0 Å².